The Balaban J connectivity index is 2.32. The highest BCUT2D eigenvalue weighted by atomic mass is 16.5. The minimum absolute atomic E-state index is 0.132. The van der Waals surface area contributed by atoms with Crippen molar-refractivity contribution in [1.82, 2.24) is 5.32 Å². The molecule has 0 aromatic heterocycles. The third kappa shape index (κ3) is 6.25. The third-order valence-electron chi connectivity index (χ3n) is 2.77. The van der Waals surface area contributed by atoms with Crippen molar-refractivity contribution < 1.29 is 14.6 Å². The lowest BCUT2D eigenvalue weighted by Crippen LogP contribution is -2.37. The third-order valence-corrected chi connectivity index (χ3v) is 2.77. The quantitative estimate of drug-likeness (QED) is 0.742. The van der Waals surface area contributed by atoms with Gasteiger partial charge in [-0.05, 0) is 51.3 Å². The first kappa shape index (κ1) is 15.5. The highest BCUT2D eigenvalue weighted by Crippen LogP contribution is 2.14. The molecule has 0 aliphatic heterocycles. The van der Waals surface area contributed by atoms with Crippen molar-refractivity contribution in [2.24, 2.45) is 0 Å². The van der Waals surface area contributed by atoms with Crippen LogP contribution in [0.2, 0.25) is 0 Å². The van der Waals surface area contributed by atoms with E-state index in [0.717, 1.165) is 12.0 Å². The molecule has 0 saturated carbocycles. The van der Waals surface area contributed by atoms with Gasteiger partial charge in [-0.2, -0.15) is 0 Å². The molecule has 0 spiro atoms. The van der Waals surface area contributed by atoms with Gasteiger partial charge < -0.3 is 15.2 Å². The Morgan fingerprint density at radius 2 is 2.16 bits per heavy atom. The van der Waals surface area contributed by atoms with Crippen LogP contribution in [-0.2, 0) is 4.79 Å². The van der Waals surface area contributed by atoms with Crippen molar-refractivity contribution in [3.05, 3.63) is 29.8 Å². The maximum atomic E-state index is 11.8. The molecule has 2 unspecified atom stereocenters. The van der Waals surface area contributed by atoms with Crippen LogP contribution in [0.15, 0.2) is 24.3 Å². The average Bonchev–Trinajstić information content (AvgIpc) is 2.34. The second-order valence-electron chi connectivity index (χ2n) is 4.86. The topological polar surface area (TPSA) is 58.6 Å². The zero-order valence-electron chi connectivity index (χ0n) is 11.8. The monoisotopic (exact) mass is 265 g/mol. The highest BCUT2D eigenvalue weighted by Gasteiger charge is 2.13. The lowest BCUT2D eigenvalue weighted by molar-refractivity contribution is -0.127. The summed E-state index contributed by atoms with van der Waals surface area (Å²) < 4.78 is 5.57. The van der Waals surface area contributed by atoms with Crippen LogP contribution in [0.25, 0.3) is 0 Å². The Labute approximate surface area is 114 Å². The van der Waals surface area contributed by atoms with Crippen LogP contribution in [-0.4, -0.2) is 29.8 Å². The fraction of sp³-hybridized carbons (Fsp3) is 0.533. The van der Waals surface area contributed by atoms with E-state index in [-0.39, 0.29) is 12.0 Å². The van der Waals surface area contributed by atoms with Crippen LogP contribution in [0.3, 0.4) is 0 Å². The highest BCUT2D eigenvalue weighted by molar-refractivity contribution is 5.80. The Bertz CT molecular complexity index is 404. The second kappa shape index (κ2) is 7.79. The number of aryl methyl sites for hydroxylation is 1. The molecule has 0 radical (unpaired) electrons. The SMILES string of the molecule is Cc1cccc(OC(C)C(=O)NCCCC(C)O)c1. The number of rotatable bonds is 7. The summed E-state index contributed by atoms with van der Waals surface area (Å²) in [6.07, 6.45) is 0.611. The first-order valence-corrected chi connectivity index (χ1v) is 6.68. The molecule has 1 rings (SSSR count). The summed E-state index contributed by atoms with van der Waals surface area (Å²) in [5.74, 6) is 0.568. The standard InChI is InChI=1S/C15H23NO3/c1-11-6-4-8-14(10-11)19-13(3)15(18)16-9-5-7-12(2)17/h4,6,8,10,12-13,17H,5,7,9H2,1-3H3,(H,16,18). The van der Waals surface area contributed by atoms with E-state index in [4.69, 9.17) is 9.84 Å². The van der Waals surface area contributed by atoms with E-state index >= 15 is 0 Å². The molecule has 0 bridgehead atoms. The molecular formula is C15H23NO3. The van der Waals surface area contributed by atoms with E-state index in [9.17, 15) is 4.79 Å². The molecule has 4 heteroatoms. The van der Waals surface area contributed by atoms with Gasteiger partial charge in [0.15, 0.2) is 6.10 Å². The molecule has 0 fully saturated rings. The Kier molecular flexibility index (Phi) is 6.36. The summed E-state index contributed by atoms with van der Waals surface area (Å²) in [6, 6.07) is 7.62. The molecule has 19 heavy (non-hydrogen) atoms. The second-order valence-corrected chi connectivity index (χ2v) is 4.86. The van der Waals surface area contributed by atoms with Crippen molar-refractivity contribution in [1.29, 1.82) is 0 Å². The normalized spacial score (nSPS) is 13.7. The minimum Gasteiger partial charge on any atom is -0.481 e. The number of carbonyl (C=O) groups is 1. The predicted octanol–water partition coefficient (Wildman–Crippen LogP) is 2.04. The maximum Gasteiger partial charge on any atom is 0.260 e. The van der Waals surface area contributed by atoms with Crippen LogP contribution in [0, 0.1) is 6.92 Å². The molecule has 1 aromatic rings. The van der Waals surface area contributed by atoms with E-state index < -0.39 is 6.10 Å². The molecule has 0 aliphatic carbocycles. The van der Waals surface area contributed by atoms with Crippen LogP contribution in [0.5, 0.6) is 5.75 Å². The van der Waals surface area contributed by atoms with Gasteiger partial charge in [0, 0.05) is 6.54 Å². The number of benzene rings is 1. The molecule has 106 valence electrons. The molecule has 1 aromatic carbocycles. The fourth-order valence-electron chi connectivity index (χ4n) is 1.70. The predicted molar refractivity (Wildman–Crippen MR) is 75.2 cm³/mol. The number of aliphatic hydroxyl groups excluding tert-OH is 1. The van der Waals surface area contributed by atoms with Gasteiger partial charge in [-0.25, -0.2) is 0 Å². The lowest BCUT2D eigenvalue weighted by atomic mass is 10.2. The number of carbonyl (C=O) groups excluding carboxylic acids is 1. The average molecular weight is 265 g/mol. The van der Waals surface area contributed by atoms with Gasteiger partial charge in [0.2, 0.25) is 0 Å². The van der Waals surface area contributed by atoms with Crippen molar-refractivity contribution in [2.45, 2.75) is 45.8 Å². The summed E-state index contributed by atoms with van der Waals surface area (Å²) >= 11 is 0. The van der Waals surface area contributed by atoms with Crippen LogP contribution < -0.4 is 10.1 Å². The molecule has 1 amide bonds. The summed E-state index contributed by atoms with van der Waals surface area (Å²) in [7, 11) is 0. The minimum atomic E-state index is -0.520. The zero-order valence-corrected chi connectivity index (χ0v) is 11.8. The summed E-state index contributed by atoms with van der Waals surface area (Å²) in [5, 5.41) is 11.9. The molecule has 4 nitrogen and oxygen atoms in total. The van der Waals surface area contributed by atoms with E-state index in [1.54, 1.807) is 13.8 Å². The number of hydrogen-bond donors (Lipinski definition) is 2. The first-order valence-electron chi connectivity index (χ1n) is 6.68. The number of hydrogen-bond acceptors (Lipinski definition) is 3. The van der Waals surface area contributed by atoms with Gasteiger partial charge in [-0.1, -0.05) is 12.1 Å². The van der Waals surface area contributed by atoms with Crippen LogP contribution in [0.1, 0.15) is 32.3 Å². The molecule has 0 heterocycles. The van der Waals surface area contributed by atoms with Gasteiger partial charge in [0.25, 0.3) is 5.91 Å². The van der Waals surface area contributed by atoms with E-state index in [2.05, 4.69) is 5.32 Å². The van der Waals surface area contributed by atoms with E-state index in [0.29, 0.717) is 18.7 Å². The molecule has 0 saturated heterocycles. The zero-order chi connectivity index (χ0) is 14.3. The summed E-state index contributed by atoms with van der Waals surface area (Å²) in [4.78, 5) is 11.8. The largest absolute Gasteiger partial charge is 0.481 e. The maximum absolute atomic E-state index is 11.8. The molecule has 2 N–H and O–H groups in total. The molecular weight excluding hydrogens is 242 g/mol. The van der Waals surface area contributed by atoms with Gasteiger partial charge in [0.05, 0.1) is 6.10 Å². The smallest absolute Gasteiger partial charge is 0.260 e. The van der Waals surface area contributed by atoms with E-state index in [1.165, 1.54) is 0 Å². The number of ether oxygens (including phenoxy) is 1. The molecule has 2 atom stereocenters. The van der Waals surface area contributed by atoms with Gasteiger partial charge >= 0.3 is 0 Å². The van der Waals surface area contributed by atoms with Crippen molar-refractivity contribution in [3.8, 4) is 5.75 Å². The van der Waals surface area contributed by atoms with Gasteiger partial charge in [-0.3, -0.25) is 4.79 Å². The summed E-state index contributed by atoms with van der Waals surface area (Å²) in [6.45, 7) is 6.01. The number of amides is 1. The first-order chi connectivity index (χ1) is 8.99. The Hall–Kier alpha value is -1.55. The number of nitrogens with one attached hydrogen (secondary N) is 1. The Morgan fingerprint density at radius 3 is 2.79 bits per heavy atom. The van der Waals surface area contributed by atoms with Crippen LogP contribution in [0.4, 0.5) is 0 Å². The number of aliphatic hydroxyl groups is 1. The van der Waals surface area contributed by atoms with E-state index in [1.807, 2.05) is 31.2 Å². The van der Waals surface area contributed by atoms with Crippen molar-refractivity contribution >= 4 is 5.91 Å². The van der Waals surface area contributed by atoms with Crippen molar-refractivity contribution in [2.75, 3.05) is 6.54 Å². The Morgan fingerprint density at radius 1 is 1.42 bits per heavy atom. The fourth-order valence-corrected chi connectivity index (χ4v) is 1.70. The van der Waals surface area contributed by atoms with Crippen LogP contribution >= 0.6 is 0 Å². The van der Waals surface area contributed by atoms with Gasteiger partial charge in [0.1, 0.15) is 5.75 Å². The lowest BCUT2D eigenvalue weighted by Gasteiger charge is -2.15. The molecule has 0 aliphatic rings. The van der Waals surface area contributed by atoms with Crippen molar-refractivity contribution in [3.63, 3.8) is 0 Å². The van der Waals surface area contributed by atoms with Gasteiger partial charge in [-0.15, -0.1) is 0 Å². The summed E-state index contributed by atoms with van der Waals surface area (Å²) in [5.41, 5.74) is 1.10.